The summed E-state index contributed by atoms with van der Waals surface area (Å²) in [6.45, 7) is 4.69. The van der Waals surface area contributed by atoms with E-state index in [9.17, 15) is 19.7 Å². The first-order valence-corrected chi connectivity index (χ1v) is 6.07. The Kier molecular flexibility index (Phi) is 3.36. The Labute approximate surface area is 115 Å². The molecule has 20 heavy (non-hydrogen) atoms. The van der Waals surface area contributed by atoms with Crippen LogP contribution in [0.4, 0.5) is 5.69 Å². The van der Waals surface area contributed by atoms with Crippen LogP contribution in [0.3, 0.4) is 0 Å². The topological polar surface area (TPSA) is 77.3 Å². The SMILES string of the molecule is CC1=C(C)C(=O)C(c2ccccc2[N+](=O)[O-])=C(C)C1=O. The molecule has 0 heterocycles. The standard InChI is InChI=1S/C15H13NO4/c1-8-9(2)15(18)13(10(3)14(8)17)11-6-4-5-7-12(11)16(19)20/h4-7H,1-3H3. The quantitative estimate of drug-likeness (QED) is 0.470. The van der Waals surface area contributed by atoms with Crippen molar-refractivity contribution < 1.29 is 14.5 Å². The van der Waals surface area contributed by atoms with Crippen molar-refractivity contribution in [3.05, 3.63) is 56.7 Å². The Hall–Kier alpha value is -2.56. The molecule has 0 bridgehead atoms. The summed E-state index contributed by atoms with van der Waals surface area (Å²) >= 11 is 0. The molecule has 0 amide bonds. The molecule has 1 aliphatic rings. The highest BCUT2D eigenvalue weighted by Gasteiger charge is 2.31. The maximum atomic E-state index is 12.4. The molecule has 0 saturated carbocycles. The molecule has 0 spiro atoms. The van der Waals surface area contributed by atoms with Gasteiger partial charge in [0.25, 0.3) is 5.69 Å². The molecule has 102 valence electrons. The number of hydrogen-bond acceptors (Lipinski definition) is 4. The predicted molar refractivity (Wildman–Crippen MR) is 74.1 cm³/mol. The highest BCUT2D eigenvalue weighted by Crippen LogP contribution is 2.35. The Morgan fingerprint density at radius 3 is 2.05 bits per heavy atom. The van der Waals surface area contributed by atoms with E-state index in [4.69, 9.17) is 0 Å². The molecule has 0 atom stereocenters. The number of allylic oxidation sites excluding steroid dienone is 4. The molecule has 0 radical (unpaired) electrons. The number of benzene rings is 1. The second-order valence-corrected chi connectivity index (χ2v) is 4.68. The minimum Gasteiger partial charge on any atom is -0.289 e. The zero-order valence-electron chi connectivity index (χ0n) is 11.4. The average Bonchev–Trinajstić information content (AvgIpc) is 2.43. The number of para-hydroxylation sites is 1. The first-order valence-electron chi connectivity index (χ1n) is 6.07. The van der Waals surface area contributed by atoms with Crippen LogP contribution in [0.1, 0.15) is 26.3 Å². The van der Waals surface area contributed by atoms with Gasteiger partial charge in [-0.2, -0.15) is 0 Å². The fourth-order valence-corrected chi connectivity index (χ4v) is 2.26. The number of ketones is 2. The van der Waals surface area contributed by atoms with Gasteiger partial charge in [-0.05, 0) is 26.8 Å². The van der Waals surface area contributed by atoms with Crippen molar-refractivity contribution in [3.8, 4) is 0 Å². The third-order valence-electron chi connectivity index (χ3n) is 3.56. The summed E-state index contributed by atoms with van der Waals surface area (Å²) < 4.78 is 0. The van der Waals surface area contributed by atoms with E-state index >= 15 is 0 Å². The smallest absolute Gasteiger partial charge is 0.277 e. The first-order chi connectivity index (χ1) is 9.36. The second-order valence-electron chi connectivity index (χ2n) is 4.68. The van der Waals surface area contributed by atoms with Gasteiger partial charge in [0, 0.05) is 28.4 Å². The van der Waals surface area contributed by atoms with Crippen LogP contribution in [0, 0.1) is 10.1 Å². The molecule has 1 aromatic rings. The van der Waals surface area contributed by atoms with Crippen molar-refractivity contribution in [1.29, 1.82) is 0 Å². The van der Waals surface area contributed by atoms with Crippen LogP contribution in [-0.4, -0.2) is 16.5 Å². The lowest BCUT2D eigenvalue weighted by Gasteiger charge is -2.18. The van der Waals surface area contributed by atoms with Crippen molar-refractivity contribution in [2.75, 3.05) is 0 Å². The van der Waals surface area contributed by atoms with Crippen LogP contribution in [0.2, 0.25) is 0 Å². The van der Waals surface area contributed by atoms with Crippen LogP contribution in [-0.2, 0) is 9.59 Å². The Balaban J connectivity index is 2.73. The van der Waals surface area contributed by atoms with Crippen LogP contribution in [0.5, 0.6) is 0 Å². The maximum absolute atomic E-state index is 12.4. The zero-order valence-corrected chi connectivity index (χ0v) is 11.4. The molecular weight excluding hydrogens is 258 g/mol. The van der Waals surface area contributed by atoms with Crippen molar-refractivity contribution in [2.45, 2.75) is 20.8 Å². The average molecular weight is 271 g/mol. The summed E-state index contributed by atoms with van der Waals surface area (Å²) in [5.41, 5.74) is 1.15. The number of carbonyl (C=O) groups excluding carboxylic acids is 2. The van der Waals surface area contributed by atoms with E-state index in [0.717, 1.165) is 0 Å². The van der Waals surface area contributed by atoms with Crippen LogP contribution in [0.25, 0.3) is 5.57 Å². The molecule has 0 saturated heterocycles. The maximum Gasteiger partial charge on any atom is 0.277 e. The largest absolute Gasteiger partial charge is 0.289 e. The van der Waals surface area contributed by atoms with Crippen LogP contribution in [0.15, 0.2) is 41.0 Å². The summed E-state index contributed by atoms with van der Waals surface area (Å²) in [5, 5.41) is 11.1. The van der Waals surface area contributed by atoms with E-state index in [2.05, 4.69) is 0 Å². The van der Waals surface area contributed by atoms with Crippen LogP contribution < -0.4 is 0 Å². The van der Waals surface area contributed by atoms with Gasteiger partial charge in [0.2, 0.25) is 0 Å². The summed E-state index contributed by atoms with van der Waals surface area (Å²) in [4.78, 5) is 35.0. The fraction of sp³-hybridized carbons (Fsp3) is 0.200. The van der Waals surface area contributed by atoms with Gasteiger partial charge in [-0.15, -0.1) is 0 Å². The Morgan fingerprint density at radius 2 is 1.45 bits per heavy atom. The van der Waals surface area contributed by atoms with Gasteiger partial charge in [0.1, 0.15) is 0 Å². The number of nitrogens with zero attached hydrogens (tertiary/aromatic N) is 1. The van der Waals surface area contributed by atoms with E-state index in [1.54, 1.807) is 19.9 Å². The third-order valence-corrected chi connectivity index (χ3v) is 3.56. The molecule has 5 heteroatoms. The van der Waals surface area contributed by atoms with Gasteiger partial charge in [0.15, 0.2) is 11.6 Å². The van der Waals surface area contributed by atoms with Crippen molar-refractivity contribution in [3.63, 3.8) is 0 Å². The predicted octanol–water partition coefficient (Wildman–Crippen LogP) is 2.86. The molecule has 0 fully saturated rings. The monoisotopic (exact) mass is 271 g/mol. The minimum absolute atomic E-state index is 0.130. The third kappa shape index (κ3) is 1.97. The molecule has 0 aromatic heterocycles. The number of rotatable bonds is 2. The van der Waals surface area contributed by atoms with E-state index in [0.29, 0.717) is 11.1 Å². The van der Waals surface area contributed by atoms with E-state index in [1.807, 2.05) is 0 Å². The van der Waals surface area contributed by atoms with E-state index in [-0.39, 0.29) is 34.0 Å². The molecule has 0 aliphatic heterocycles. The number of carbonyl (C=O) groups is 2. The molecule has 2 rings (SSSR count). The zero-order chi connectivity index (χ0) is 15.0. The highest BCUT2D eigenvalue weighted by atomic mass is 16.6. The molecule has 5 nitrogen and oxygen atoms in total. The highest BCUT2D eigenvalue weighted by molar-refractivity contribution is 6.39. The van der Waals surface area contributed by atoms with Gasteiger partial charge < -0.3 is 0 Å². The van der Waals surface area contributed by atoms with Crippen LogP contribution >= 0.6 is 0 Å². The minimum atomic E-state index is -0.548. The molecule has 1 aliphatic carbocycles. The van der Waals surface area contributed by atoms with Gasteiger partial charge >= 0.3 is 0 Å². The lowest BCUT2D eigenvalue weighted by Crippen LogP contribution is -2.20. The number of Topliss-reactive ketones (excluding diaryl/α,β-unsaturated/α-hetero) is 2. The second kappa shape index (κ2) is 4.85. The summed E-state index contributed by atoms with van der Waals surface area (Å²) in [7, 11) is 0. The van der Waals surface area contributed by atoms with Gasteiger partial charge in [-0.25, -0.2) is 0 Å². The van der Waals surface area contributed by atoms with Gasteiger partial charge in [0.05, 0.1) is 10.5 Å². The van der Waals surface area contributed by atoms with Crippen molar-refractivity contribution in [2.24, 2.45) is 0 Å². The van der Waals surface area contributed by atoms with Crippen molar-refractivity contribution in [1.82, 2.24) is 0 Å². The van der Waals surface area contributed by atoms with Gasteiger partial charge in [-0.3, -0.25) is 19.7 Å². The van der Waals surface area contributed by atoms with E-state index < -0.39 is 4.92 Å². The molecule has 1 aromatic carbocycles. The van der Waals surface area contributed by atoms with Crippen molar-refractivity contribution >= 4 is 22.8 Å². The van der Waals surface area contributed by atoms with Gasteiger partial charge in [-0.1, -0.05) is 12.1 Å². The fourth-order valence-electron chi connectivity index (χ4n) is 2.26. The molecule has 0 N–H and O–H groups in total. The number of nitro groups is 1. The summed E-state index contributed by atoms with van der Waals surface area (Å²) in [6, 6.07) is 5.96. The number of hydrogen-bond donors (Lipinski definition) is 0. The first kappa shape index (κ1) is 13.9. The summed E-state index contributed by atoms with van der Waals surface area (Å²) in [6.07, 6.45) is 0. The molecular formula is C15H13NO4. The lowest BCUT2D eigenvalue weighted by molar-refractivity contribution is -0.385. The normalized spacial score (nSPS) is 15.9. The number of nitro benzene ring substituents is 1. The summed E-state index contributed by atoms with van der Waals surface area (Å²) in [5.74, 6) is -0.566. The lowest BCUT2D eigenvalue weighted by atomic mass is 9.82. The Bertz CT molecular complexity index is 710. The Morgan fingerprint density at radius 1 is 0.900 bits per heavy atom. The van der Waals surface area contributed by atoms with E-state index in [1.165, 1.54) is 25.1 Å². The molecule has 0 unspecified atom stereocenters.